The summed E-state index contributed by atoms with van der Waals surface area (Å²) in [6, 6.07) is 0. The lowest BCUT2D eigenvalue weighted by atomic mass is 9.99. The van der Waals surface area contributed by atoms with E-state index >= 15 is 0 Å². The SMILES string of the molecule is CC1=CC(C)CC(S)=C1. The Kier molecular flexibility index (Phi) is 2.01. The fourth-order valence-corrected chi connectivity index (χ4v) is 1.70. The van der Waals surface area contributed by atoms with Crippen LogP contribution in [0.3, 0.4) is 0 Å². The van der Waals surface area contributed by atoms with E-state index in [9.17, 15) is 0 Å². The molecule has 0 fully saturated rings. The Labute approximate surface area is 62.1 Å². The van der Waals surface area contributed by atoms with E-state index in [2.05, 4.69) is 38.6 Å². The standard InChI is InChI=1S/C8H12S/c1-6-3-7(2)5-8(9)4-6/h3-4,7,9H,5H2,1-2H3. The summed E-state index contributed by atoms with van der Waals surface area (Å²) < 4.78 is 0. The molecule has 0 radical (unpaired) electrons. The summed E-state index contributed by atoms with van der Waals surface area (Å²) in [5.74, 6) is 0.683. The van der Waals surface area contributed by atoms with Crippen LogP contribution in [0.25, 0.3) is 0 Å². The van der Waals surface area contributed by atoms with Gasteiger partial charge in [-0.25, -0.2) is 0 Å². The number of hydrogen-bond donors (Lipinski definition) is 1. The van der Waals surface area contributed by atoms with Crippen LogP contribution in [0.2, 0.25) is 0 Å². The van der Waals surface area contributed by atoms with Crippen molar-refractivity contribution in [2.75, 3.05) is 0 Å². The molecule has 0 aromatic carbocycles. The topological polar surface area (TPSA) is 0 Å². The molecule has 1 aliphatic rings. The number of rotatable bonds is 0. The van der Waals surface area contributed by atoms with E-state index in [1.165, 1.54) is 10.5 Å². The van der Waals surface area contributed by atoms with Gasteiger partial charge in [0.25, 0.3) is 0 Å². The molecular formula is C8H12S. The molecule has 0 bridgehead atoms. The first-order valence-corrected chi connectivity index (χ1v) is 3.71. The van der Waals surface area contributed by atoms with E-state index in [-0.39, 0.29) is 0 Å². The molecule has 50 valence electrons. The van der Waals surface area contributed by atoms with Gasteiger partial charge >= 0.3 is 0 Å². The van der Waals surface area contributed by atoms with E-state index < -0.39 is 0 Å². The average molecular weight is 140 g/mol. The van der Waals surface area contributed by atoms with Crippen molar-refractivity contribution in [3.05, 3.63) is 22.6 Å². The molecule has 1 unspecified atom stereocenters. The Morgan fingerprint density at radius 3 is 2.78 bits per heavy atom. The van der Waals surface area contributed by atoms with E-state index in [1.54, 1.807) is 0 Å². The molecule has 0 N–H and O–H groups in total. The zero-order valence-electron chi connectivity index (χ0n) is 5.89. The van der Waals surface area contributed by atoms with Gasteiger partial charge in [0.05, 0.1) is 0 Å². The minimum Gasteiger partial charge on any atom is -0.148 e. The monoisotopic (exact) mass is 140 g/mol. The molecule has 1 heteroatoms. The first-order valence-electron chi connectivity index (χ1n) is 3.26. The van der Waals surface area contributed by atoms with Gasteiger partial charge < -0.3 is 0 Å². The highest BCUT2D eigenvalue weighted by Gasteiger charge is 2.04. The third kappa shape index (κ3) is 1.90. The molecule has 0 aromatic rings. The van der Waals surface area contributed by atoms with Crippen molar-refractivity contribution in [1.82, 2.24) is 0 Å². The van der Waals surface area contributed by atoms with Gasteiger partial charge in [-0.2, -0.15) is 0 Å². The van der Waals surface area contributed by atoms with Crippen LogP contribution < -0.4 is 0 Å². The fraction of sp³-hybridized carbons (Fsp3) is 0.500. The summed E-state index contributed by atoms with van der Waals surface area (Å²) >= 11 is 4.30. The average Bonchev–Trinajstić information content (AvgIpc) is 1.59. The molecule has 0 amide bonds. The van der Waals surface area contributed by atoms with E-state index in [1.807, 2.05) is 0 Å². The van der Waals surface area contributed by atoms with Crippen molar-refractivity contribution >= 4 is 12.6 Å². The second kappa shape index (κ2) is 2.61. The minimum absolute atomic E-state index is 0.683. The van der Waals surface area contributed by atoms with Crippen LogP contribution in [0.5, 0.6) is 0 Å². The van der Waals surface area contributed by atoms with Gasteiger partial charge in [0.2, 0.25) is 0 Å². The highest BCUT2D eigenvalue weighted by molar-refractivity contribution is 7.84. The summed E-state index contributed by atoms with van der Waals surface area (Å²) in [5.41, 5.74) is 1.35. The van der Waals surface area contributed by atoms with Crippen molar-refractivity contribution in [3.63, 3.8) is 0 Å². The quantitative estimate of drug-likeness (QED) is 0.491. The molecule has 0 saturated carbocycles. The molecule has 0 aliphatic heterocycles. The Hall–Kier alpha value is -0.170. The normalized spacial score (nSPS) is 27.2. The third-order valence-electron chi connectivity index (χ3n) is 1.47. The maximum Gasteiger partial charge on any atom is -0.0160 e. The molecule has 1 rings (SSSR count). The summed E-state index contributed by atoms with van der Waals surface area (Å²) in [6.07, 6.45) is 5.52. The predicted octanol–water partition coefficient (Wildman–Crippen LogP) is 2.79. The Morgan fingerprint density at radius 2 is 2.33 bits per heavy atom. The lowest BCUT2D eigenvalue weighted by molar-refractivity contribution is 0.723. The van der Waals surface area contributed by atoms with Gasteiger partial charge in [-0.1, -0.05) is 24.6 Å². The molecule has 1 aliphatic carbocycles. The van der Waals surface area contributed by atoms with Crippen LogP contribution in [0, 0.1) is 5.92 Å². The molecule has 1 atom stereocenters. The van der Waals surface area contributed by atoms with E-state index in [0.717, 1.165) is 6.42 Å². The summed E-state index contributed by atoms with van der Waals surface area (Å²) in [5, 5.41) is 0. The minimum atomic E-state index is 0.683. The zero-order valence-corrected chi connectivity index (χ0v) is 6.78. The van der Waals surface area contributed by atoms with Crippen molar-refractivity contribution in [3.8, 4) is 0 Å². The smallest absolute Gasteiger partial charge is 0.0160 e. The molecule has 9 heavy (non-hydrogen) atoms. The zero-order chi connectivity index (χ0) is 6.85. The van der Waals surface area contributed by atoms with Crippen LogP contribution in [0.1, 0.15) is 20.3 Å². The van der Waals surface area contributed by atoms with Gasteiger partial charge in [-0.15, -0.1) is 12.6 Å². The number of allylic oxidation sites excluding steroid dienone is 4. The maximum atomic E-state index is 4.30. The summed E-state index contributed by atoms with van der Waals surface area (Å²) in [7, 11) is 0. The number of thiol groups is 1. The largest absolute Gasteiger partial charge is 0.148 e. The van der Waals surface area contributed by atoms with Gasteiger partial charge in [0, 0.05) is 0 Å². The summed E-state index contributed by atoms with van der Waals surface area (Å²) in [4.78, 5) is 1.21. The van der Waals surface area contributed by atoms with Crippen LogP contribution in [-0.4, -0.2) is 0 Å². The number of hydrogen-bond acceptors (Lipinski definition) is 1. The van der Waals surface area contributed by atoms with E-state index in [4.69, 9.17) is 0 Å². The lowest BCUT2D eigenvalue weighted by Crippen LogP contribution is -1.95. The van der Waals surface area contributed by atoms with Gasteiger partial charge in [-0.3, -0.25) is 0 Å². The Morgan fingerprint density at radius 1 is 1.67 bits per heavy atom. The molecule has 0 heterocycles. The van der Waals surface area contributed by atoms with Crippen LogP contribution in [0.4, 0.5) is 0 Å². The summed E-state index contributed by atoms with van der Waals surface area (Å²) in [6.45, 7) is 4.33. The van der Waals surface area contributed by atoms with Gasteiger partial charge in [-0.05, 0) is 24.2 Å². The Bertz CT molecular complexity index is 165. The first kappa shape index (κ1) is 6.94. The van der Waals surface area contributed by atoms with Crippen molar-refractivity contribution in [1.29, 1.82) is 0 Å². The van der Waals surface area contributed by atoms with Crippen LogP contribution >= 0.6 is 12.6 Å². The Balaban J connectivity index is 2.74. The molecule has 0 nitrogen and oxygen atoms in total. The predicted molar refractivity (Wildman–Crippen MR) is 44.6 cm³/mol. The van der Waals surface area contributed by atoms with Crippen LogP contribution in [-0.2, 0) is 0 Å². The van der Waals surface area contributed by atoms with Crippen molar-refractivity contribution in [2.45, 2.75) is 20.3 Å². The highest BCUT2D eigenvalue weighted by atomic mass is 32.1. The molecule has 0 saturated heterocycles. The van der Waals surface area contributed by atoms with Gasteiger partial charge in [0.15, 0.2) is 0 Å². The molecule has 0 spiro atoms. The first-order chi connectivity index (χ1) is 4.18. The third-order valence-corrected chi connectivity index (χ3v) is 1.78. The fourth-order valence-electron chi connectivity index (χ4n) is 1.21. The second-order valence-electron chi connectivity index (χ2n) is 2.73. The van der Waals surface area contributed by atoms with E-state index in [0.29, 0.717) is 5.92 Å². The maximum absolute atomic E-state index is 4.30. The molecule has 0 aromatic heterocycles. The highest BCUT2D eigenvalue weighted by Crippen LogP contribution is 2.23. The molecular weight excluding hydrogens is 128 g/mol. The second-order valence-corrected chi connectivity index (χ2v) is 3.30. The lowest BCUT2D eigenvalue weighted by Gasteiger charge is -2.12. The van der Waals surface area contributed by atoms with Crippen molar-refractivity contribution in [2.24, 2.45) is 5.92 Å². The van der Waals surface area contributed by atoms with Crippen molar-refractivity contribution < 1.29 is 0 Å². The van der Waals surface area contributed by atoms with Crippen LogP contribution in [0.15, 0.2) is 22.6 Å². The van der Waals surface area contributed by atoms with Gasteiger partial charge in [0.1, 0.15) is 0 Å².